The number of hydrogen-bond acceptors (Lipinski definition) is 5. The van der Waals surface area contributed by atoms with Crippen molar-refractivity contribution in [2.45, 2.75) is 38.3 Å². The molecule has 166 valence electrons. The molecule has 0 saturated carbocycles. The van der Waals surface area contributed by atoms with Gasteiger partial charge in [-0.3, -0.25) is 9.59 Å². The van der Waals surface area contributed by atoms with E-state index in [-0.39, 0.29) is 17.9 Å². The molecule has 7 heteroatoms. The summed E-state index contributed by atoms with van der Waals surface area (Å²) in [7, 11) is 1.62. The van der Waals surface area contributed by atoms with E-state index in [1.807, 2.05) is 58.8 Å². The summed E-state index contributed by atoms with van der Waals surface area (Å²) in [4.78, 5) is 31.8. The summed E-state index contributed by atoms with van der Waals surface area (Å²) in [5, 5.41) is 5.91. The molecule has 0 aliphatic carbocycles. The number of aromatic nitrogens is 1. The fraction of sp³-hybridized carbons (Fsp3) is 0.320. The molecule has 0 radical (unpaired) electrons. The Morgan fingerprint density at radius 1 is 1.09 bits per heavy atom. The smallest absolute Gasteiger partial charge is 0.254 e. The molecule has 1 unspecified atom stereocenters. The van der Waals surface area contributed by atoms with Crippen LogP contribution < -0.4 is 10.1 Å². The summed E-state index contributed by atoms with van der Waals surface area (Å²) in [6.07, 6.45) is 5.20. The van der Waals surface area contributed by atoms with Crippen molar-refractivity contribution in [2.24, 2.45) is 0 Å². The van der Waals surface area contributed by atoms with E-state index in [9.17, 15) is 9.59 Å². The van der Waals surface area contributed by atoms with Gasteiger partial charge in [0.15, 0.2) is 0 Å². The predicted molar refractivity (Wildman–Crippen MR) is 125 cm³/mol. The van der Waals surface area contributed by atoms with Crippen molar-refractivity contribution >= 4 is 23.2 Å². The Labute approximate surface area is 192 Å². The molecule has 1 fully saturated rings. The number of hydrogen-bond donors (Lipinski definition) is 1. The molecule has 32 heavy (non-hydrogen) atoms. The Morgan fingerprint density at radius 3 is 2.53 bits per heavy atom. The van der Waals surface area contributed by atoms with Crippen molar-refractivity contribution in [1.29, 1.82) is 0 Å². The van der Waals surface area contributed by atoms with Gasteiger partial charge in [-0.2, -0.15) is 0 Å². The van der Waals surface area contributed by atoms with Crippen LogP contribution in [0.4, 0.5) is 0 Å². The van der Waals surface area contributed by atoms with Crippen LogP contribution in [0.25, 0.3) is 0 Å². The largest absolute Gasteiger partial charge is 0.497 e. The lowest BCUT2D eigenvalue weighted by Crippen LogP contribution is -2.38. The quantitative estimate of drug-likeness (QED) is 0.581. The minimum atomic E-state index is -0.0464. The first-order valence-corrected chi connectivity index (χ1v) is 11.7. The number of likely N-dealkylation sites (tertiary alicyclic amines) is 1. The first-order valence-electron chi connectivity index (χ1n) is 10.8. The highest BCUT2D eigenvalue weighted by Crippen LogP contribution is 2.33. The summed E-state index contributed by atoms with van der Waals surface area (Å²) in [5.74, 6) is 0.765. The highest BCUT2D eigenvalue weighted by molar-refractivity contribution is 7.09. The number of carbonyl (C=O) groups excluding carboxylic acids is 2. The summed E-state index contributed by atoms with van der Waals surface area (Å²) < 4.78 is 5.14. The van der Waals surface area contributed by atoms with Crippen molar-refractivity contribution in [3.05, 3.63) is 81.8 Å². The number of amides is 2. The number of rotatable bonds is 7. The lowest BCUT2D eigenvalue weighted by Gasteiger charge is -2.34. The molecule has 1 saturated heterocycles. The van der Waals surface area contributed by atoms with Crippen LogP contribution >= 0.6 is 11.3 Å². The summed E-state index contributed by atoms with van der Waals surface area (Å²) in [6.45, 7) is 1.18. The maximum atomic E-state index is 13.2. The molecule has 6 nitrogen and oxygen atoms in total. The van der Waals surface area contributed by atoms with Crippen LogP contribution in [0.3, 0.4) is 0 Å². The number of nitrogens with one attached hydrogen (secondary N) is 1. The molecule has 2 heterocycles. The standard InChI is InChI=1S/C25H27N3O3S/c1-31-21-11-7-18(8-12-21)16-23(29)27-17-19-5-9-20(10-6-19)25(30)28-14-3-2-4-22(28)24-26-13-15-32-24/h5-13,15,22H,2-4,14,16-17H2,1H3,(H,27,29). The van der Waals surface area contributed by atoms with E-state index in [1.165, 1.54) is 0 Å². The summed E-state index contributed by atoms with van der Waals surface area (Å²) in [5.41, 5.74) is 2.56. The van der Waals surface area contributed by atoms with E-state index < -0.39 is 0 Å². The zero-order valence-electron chi connectivity index (χ0n) is 18.1. The second kappa shape index (κ2) is 10.4. The van der Waals surface area contributed by atoms with Crippen LogP contribution in [0.2, 0.25) is 0 Å². The molecule has 2 aromatic carbocycles. The molecule has 2 amide bonds. The van der Waals surface area contributed by atoms with Crippen LogP contribution in [-0.4, -0.2) is 35.4 Å². The summed E-state index contributed by atoms with van der Waals surface area (Å²) >= 11 is 1.61. The second-order valence-electron chi connectivity index (χ2n) is 7.88. The molecular formula is C25H27N3O3S. The normalized spacial score (nSPS) is 15.9. The minimum Gasteiger partial charge on any atom is -0.497 e. The van der Waals surface area contributed by atoms with Crippen molar-refractivity contribution in [1.82, 2.24) is 15.2 Å². The molecular weight excluding hydrogens is 422 g/mol. The maximum Gasteiger partial charge on any atom is 0.254 e. The second-order valence-corrected chi connectivity index (χ2v) is 8.81. The molecule has 1 aromatic heterocycles. The number of methoxy groups -OCH3 is 1. The third kappa shape index (κ3) is 5.34. The van der Waals surface area contributed by atoms with Crippen molar-refractivity contribution in [3.8, 4) is 5.75 Å². The zero-order valence-corrected chi connectivity index (χ0v) is 18.9. The number of piperidine rings is 1. The van der Waals surface area contributed by atoms with E-state index in [2.05, 4.69) is 10.3 Å². The van der Waals surface area contributed by atoms with Gasteiger partial charge in [0.05, 0.1) is 19.6 Å². The zero-order chi connectivity index (χ0) is 22.3. The van der Waals surface area contributed by atoms with E-state index in [0.29, 0.717) is 18.5 Å². The van der Waals surface area contributed by atoms with Gasteiger partial charge in [-0.05, 0) is 54.7 Å². The molecule has 1 aliphatic heterocycles. The number of nitrogens with zero attached hydrogens (tertiary/aromatic N) is 2. The van der Waals surface area contributed by atoms with Crippen LogP contribution in [0.5, 0.6) is 5.75 Å². The van der Waals surface area contributed by atoms with E-state index in [4.69, 9.17) is 4.74 Å². The van der Waals surface area contributed by atoms with Gasteiger partial charge in [0.1, 0.15) is 10.8 Å². The lowest BCUT2D eigenvalue weighted by molar-refractivity contribution is -0.120. The van der Waals surface area contributed by atoms with Gasteiger partial charge in [-0.25, -0.2) is 4.98 Å². The summed E-state index contributed by atoms with van der Waals surface area (Å²) in [6, 6.07) is 15.0. The molecule has 1 N–H and O–H groups in total. The highest BCUT2D eigenvalue weighted by atomic mass is 32.1. The van der Waals surface area contributed by atoms with Gasteiger partial charge in [0.25, 0.3) is 5.91 Å². The van der Waals surface area contributed by atoms with E-state index in [1.54, 1.807) is 24.6 Å². The lowest BCUT2D eigenvalue weighted by atomic mass is 10.0. The SMILES string of the molecule is COc1ccc(CC(=O)NCc2ccc(C(=O)N3CCCCC3c3nccs3)cc2)cc1. The Bertz CT molecular complexity index is 1030. The van der Waals surface area contributed by atoms with Gasteiger partial charge in [-0.1, -0.05) is 24.3 Å². The monoisotopic (exact) mass is 449 g/mol. The van der Waals surface area contributed by atoms with Crippen LogP contribution in [0.15, 0.2) is 60.1 Å². The molecule has 0 bridgehead atoms. The third-order valence-corrected chi connectivity index (χ3v) is 6.59. The average Bonchev–Trinajstić information content (AvgIpc) is 3.38. The van der Waals surface area contributed by atoms with E-state index >= 15 is 0 Å². The van der Waals surface area contributed by atoms with Gasteiger partial charge < -0.3 is 15.0 Å². The first kappa shape index (κ1) is 22.0. The molecule has 0 spiro atoms. The first-order chi connectivity index (χ1) is 15.6. The number of benzene rings is 2. The number of thiazole rings is 1. The van der Waals surface area contributed by atoms with Crippen LogP contribution in [-0.2, 0) is 17.8 Å². The minimum absolute atomic E-state index is 0.0417. The molecule has 1 aliphatic rings. The Morgan fingerprint density at radius 2 is 1.84 bits per heavy atom. The predicted octanol–water partition coefficient (Wildman–Crippen LogP) is 4.38. The van der Waals surface area contributed by atoms with Crippen molar-refractivity contribution in [3.63, 3.8) is 0 Å². The maximum absolute atomic E-state index is 13.2. The van der Waals surface area contributed by atoms with Gasteiger partial charge in [0.2, 0.25) is 5.91 Å². The molecule has 1 atom stereocenters. The average molecular weight is 450 g/mol. The molecule has 3 aromatic rings. The van der Waals surface area contributed by atoms with Gasteiger partial charge in [0, 0.05) is 30.2 Å². The topological polar surface area (TPSA) is 71.5 Å². The fourth-order valence-electron chi connectivity index (χ4n) is 3.95. The Balaban J connectivity index is 1.33. The Hall–Kier alpha value is -3.19. The molecule has 4 rings (SSSR count). The number of carbonyl (C=O) groups is 2. The highest BCUT2D eigenvalue weighted by Gasteiger charge is 2.30. The van der Waals surface area contributed by atoms with Crippen LogP contribution in [0, 0.1) is 0 Å². The van der Waals surface area contributed by atoms with E-state index in [0.717, 1.165) is 47.7 Å². The van der Waals surface area contributed by atoms with Crippen LogP contribution in [0.1, 0.15) is 51.8 Å². The Kier molecular flexibility index (Phi) is 7.17. The fourth-order valence-corrected chi connectivity index (χ4v) is 4.74. The number of ether oxygens (including phenoxy) is 1. The van der Waals surface area contributed by atoms with Crippen molar-refractivity contribution < 1.29 is 14.3 Å². The van der Waals surface area contributed by atoms with Gasteiger partial charge >= 0.3 is 0 Å². The van der Waals surface area contributed by atoms with Crippen molar-refractivity contribution in [2.75, 3.05) is 13.7 Å². The van der Waals surface area contributed by atoms with Gasteiger partial charge in [-0.15, -0.1) is 11.3 Å². The third-order valence-electron chi connectivity index (χ3n) is 5.71.